The zero-order valence-corrected chi connectivity index (χ0v) is 9.34. The topological polar surface area (TPSA) is 15.3 Å². The first-order valence-corrected chi connectivity index (χ1v) is 5.70. The van der Waals surface area contributed by atoms with Crippen LogP contribution in [0.15, 0.2) is 0 Å². The Labute approximate surface area is 82.7 Å². The second kappa shape index (κ2) is 5.61. The molecule has 0 saturated carbocycles. The van der Waals surface area contributed by atoms with Gasteiger partial charge in [0.1, 0.15) is 0 Å². The fourth-order valence-electron chi connectivity index (χ4n) is 2.45. The molecular weight excluding hydrogens is 160 g/mol. The molecule has 2 nitrogen and oxygen atoms in total. The molecule has 2 unspecified atom stereocenters. The minimum Gasteiger partial charge on any atom is -0.318 e. The van der Waals surface area contributed by atoms with Crippen LogP contribution in [-0.2, 0) is 0 Å². The van der Waals surface area contributed by atoms with E-state index < -0.39 is 0 Å². The fourth-order valence-corrected chi connectivity index (χ4v) is 2.45. The van der Waals surface area contributed by atoms with E-state index in [0.717, 1.165) is 12.6 Å². The van der Waals surface area contributed by atoms with Crippen molar-refractivity contribution >= 4 is 0 Å². The van der Waals surface area contributed by atoms with Crippen molar-refractivity contribution in [2.24, 2.45) is 0 Å². The van der Waals surface area contributed by atoms with Crippen molar-refractivity contribution in [1.82, 2.24) is 10.2 Å². The van der Waals surface area contributed by atoms with Gasteiger partial charge in [-0.2, -0.15) is 0 Å². The van der Waals surface area contributed by atoms with Crippen LogP contribution >= 0.6 is 0 Å². The van der Waals surface area contributed by atoms with Crippen molar-refractivity contribution in [3.8, 4) is 0 Å². The van der Waals surface area contributed by atoms with Crippen LogP contribution in [0.2, 0.25) is 0 Å². The molecule has 1 rings (SSSR count). The number of likely N-dealkylation sites (tertiary alicyclic amines) is 1. The third-order valence-corrected chi connectivity index (χ3v) is 3.21. The number of hydrogen-bond donors (Lipinski definition) is 1. The van der Waals surface area contributed by atoms with Crippen molar-refractivity contribution in [2.45, 2.75) is 51.6 Å². The zero-order chi connectivity index (χ0) is 9.68. The van der Waals surface area contributed by atoms with Crippen LogP contribution < -0.4 is 5.32 Å². The van der Waals surface area contributed by atoms with Crippen LogP contribution in [0, 0.1) is 0 Å². The average molecular weight is 184 g/mol. The molecule has 0 bridgehead atoms. The number of likely N-dealkylation sites (N-methyl/N-ethyl adjacent to an activating group) is 1. The van der Waals surface area contributed by atoms with Crippen LogP contribution in [-0.4, -0.2) is 37.1 Å². The summed E-state index contributed by atoms with van der Waals surface area (Å²) in [6.45, 7) is 7.08. The summed E-state index contributed by atoms with van der Waals surface area (Å²) < 4.78 is 0. The lowest BCUT2D eigenvalue weighted by molar-refractivity contribution is 0.100. The van der Waals surface area contributed by atoms with Gasteiger partial charge in [0.05, 0.1) is 0 Å². The van der Waals surface area contributed by atoms with E-state index in [4.69, 9.17) is 0 Å². The summed E-state index contributed by atoms with van der Waals surface area (Å²) >= 11 is 0. The maximum atomic E-state index is 3.27. The van der Waals surface area contributed by atoms with Crippen LogP contribution in [0.25, 0.3) is 0 Å². The van der Waals surface area contributed by atoms with Gasteiger partial charge in [-0.1, -0.05) is 13.3 Å². The van der Waals surface area contributed by atoms with E-state index in [1.807, 2.05) is 7.05 Å². The van der Waals surface area contributed by atoms with E-state index >= 15 is 0 Å². The van der Waals surface area contributed by atoms with Crippen molar-refractivity contribution < 1.29 is 0 Å². The number of nitrogens with zero attached hydrogens (tertiary/aromatic N) is 1. The Morgan fingerprint density at radius 1 is 1.46 bits per heavy atom. The lowest BCUT2D eigenvalue weighted by Crippen LogP contribution is -2.48. The molecule has 0 aromatic rings. The monoisotopic (exact) mass is 184 g/mol. The first-order valence-electron chi connectivity index (χ1n) is 5.70. The zero-order valence-electron chi connectivity index (χ0n) is 9.34. The SMILES string of the molecule is CCC1CCCCN1C(C)CNC. The van der Waals surface area contributed by atoms with Crippen LogP contribution in [0.3, 0.4) is 0 Å². The third-order valence-electron chi connectivity index (χ3n) is 3.21. The highest BCUT2D eigenvalue weighted by Gasteiger charge is 2.24. The van der Waals surface area contributed by atoms with Crippen molar-refractivity contribution in [3.05, 3.63) is 0 Å². The largest absolute Gasteiger partial charge is 0.318 e. The van der Waals surface area contributed by atoms with Gasteiger partial charge in [-0.05, 0) is 39.8 Å². The summed E-state index contributed by atoms with van der Waals surface area (Å²) in [6.07, 6.45) is 5.55. The molecule has 0 spiro atoms. The van der Waals surface area contributed by atoms with Crippen LogP contribution in [0.4, 0.5) is 0 Å². The predicted molar refractivity (Wildman–Crippen MR) is 58.0 cm³/mol. The highest BCUT2D eigenvalue weighted by molar-refractivity contribution is 4.80. The maximum Gasteiger partial charge on any atom is 0.0195 e. The van der Waals surface area contributed by atoms with Gasteiger partial charge in [-0.15, -0.1) is 0 Å². The number of nitrogens with one attached hydrogen (secondary N) is 1. The molecule has 1 fully saturated rings. The molecular formula is C11H24N2. The van der Waals surface area contributed by atoms with E-state index in [1.54, 1.807) is 0 Å². The third kappa shape index (κ3) is 2.96. The standard InChI is InChI=1S/C11H24N2/c1-4-11-7-5-6-8-13(11)10(2)9-12-3/h10-12H,4-9H2,1-3H3. The van der Waals surface area contributed by atoms with Gasteiger partial charge >= 0.3 is 0 Å². The Bertz CT molecular complexity index is 136. The molecule has 2 heteroatoms. The molecule has 1 saturated heterocycles. The summed E-state index contributed by atoms with van der Waals surface area (Å²) in [5, 5.41) is 3.27. The first-order chi connectivity index (χ1) is 6.29. The van der Waals surface area contributed by atoms with Gasteiger partial charge in [0.2, 0.25) is 0 Å². The number of rotatable bonds is 4. The average Bonchev–Trinajstić information content (AvgIpc) is 2.18. The highest BCUT2D eigenvalue weighted by Crippen LogP contribution is 2.21. The Morgan fingerprint density at radius 3 is 2.85 bits per heavy atom. The smallest absolute Gasteiger partial charge is 0.0195 e. The summed E-state index contributed by atoms with van der Waals surface area (Å²) in [6, 6.07) is 1.55. The second-order valence-corrected chi connectivity index (χ2v) is 4.20. The highest BCUT2D eigenvalue weighted by atomic mass is 15.2. The quantitative estimate of drug-likeness (QED) is 0.717. The molecule has 0 amide bonds. The molecule has 1 aliphatic rings. The minimum absolute atomic E-state index is 0.704. The molecule has 1 N–H and O–H groups in total. The minimum atomic E-state index is 0.704. The molecule has 78 valence electrons. The van der Waals surface area contributed by atoms with Gasteiger partial charge in [-0.25, -0.2) is 0 Å². The summed E-state index contributed by atoms with van der Waals surface area (Å²) in [4.78, 5) is 2.68. The van der Waals surface area contributed by atoms with Gasteiger partial charge < -0.3 is 5.32 Å². The number of piperidine rings is 1. The van der Waals surface area contributed by atoms with Crippen LogP contribution in [0.5, 0.6) is 0 Å². The van der Waals surface area contributed by atoms with Crippen LogP contribution in [0.1, 0.15) is 39.5 Å². The molecule has 0 aromatic carbocycles. The Hall–Kier alpha value is -0.0800. The number of hydrogen-bond acceptors (Lipinski definition) is 2. The van der Waals surface area contributed by atoms with E-state index in [-0.39, 0.29) is 0 Å². The summed E-state index contributed by atoms with van der Waals surface area (Å²) in [5.74, 6) is 0. The molecule has 0 aromatic heterocycles. The summed E-state index contributed by atoms with van der Waals surface area (Å²) in [7, 11) is 2.04. The Kier molecular flexibility index (Phi) is 4.74. The maximum absolute atomic E-state index is 3.27. The van der Waals surface area contributed by atoms with Crippen molar-refractivity contribution in [2.75, 3.05) is 20.1 Å². The fraction of sp³-hybridized carbons (Fsp3) is 1.00. The second-order valence-electron chi connectivity index (χ2n) is 4.20. The molecule has 0 aliphatic carbocycles. The lowest BCUT2D eigenvalue weighted by atomic mass is 9.98. The molecule has 1 aliphatic heterocycles. The van der Waals surface area contributed by atoms with Crippen molar-refractivity contribution in [1.29, 1.82) is 0 Å². The first kappa shape index (κ1) is 11.0. The van der Waals surface area contributed by atoms with Crippen molar-refractivity contribution in [3.63, 3.8) is 0 Å². The normalized spacial score (nSPS) is 27.5. The Balaban J connectivity index is 2.43. The van der Waals surface area contributed by atoms with E-state index in [1.165, 1.54) is 32.2 Å². The molecule has 13 heavy (non-hydrogen) atoms. The molecule has 1 heterocycles. The summed E-state index contributed by atoms with van der Waals surface area (Å²) in [5.41, 5.74) is 0. The van der Waals surface area contributed by atoms with E-state index in [9.17, 15) is 0 Å². The van der Waals surface area contributed by atoms with Gasteiger partial charge in [0.25, 0.3) is 0 Å². The lowest BCUT2D eigenvalue weighted by Gasteiger charge is -2.39. The van der Waals surface area contributed by atoms with Gasteiger partial charge in [-0.3, -0.25) is 4.90 Å². The Morgan fingerprint density at radius 2 is 2.23 bits per heavy atom. The van der Waals surface area contributed by atoms with E-state index in [0.29, 0.717) is 6.04 Å². The van der Waals surface area contributed by atoms with Gasteiger partial charge in [0, 0.05) is 18.6 Å². The molecule has 2 atom stereocenters. The van der Waals surface area contributed by atoms with Gasteiger partial charge in [0.15, 0.2) is 0 Å². The van der Waals surface area contributed by atoms with E-state index in [2.05, 4.69) is 24.1 Å². The predicted octanol–water partition coefficient (Wildman–Crippen LogP) is 1.86. The molecule has 0 radical (unpaired) electrons.